The lowest BCUT2D eigenvalue weighted by atomic mass is 10.3. The molecule has 1 N–H and O–H groups in total. The minimum atomic E-state index is 0.908. The number of piperazine rings is 1. The van der Waals surface area contributed by atoms with E-state index in [0.29, 0.717) is 0 Å². The SMILES string of the molecule is c1cc(N2CCNCC2)n2ncnc2c1. The first kappa shape index (κ1) is 8.67. The second kappa shape index (κ2) is 3.51. The van der Waals surface area contributed by atoms with E-state index < -0.39 is 0 Å². The quantitative estimate of drug-likeness (QED) is 0.716. The Kier molecular flexibility index (Phi) is 2.03. The summed E-state index contributed by atoms with van der Waals surface area (Å²) >= 11 is 0. The number of pyridine rings is 1. The number of hydrogen-bond donors (Lipinski definition) is 1. The van der Waals surface area contributed by atoms with Crippen molar-refractivity contribution >= 4 is 11.5 Å². The highest BCUT2D eigenvalue weighted by Gasteiger charge is 2.13. The number of rotatable bonds is 1. The van der Waals surface area contributed by atoms with E-state index in [4.69, 9.17) is 0 Å². The molecule has 5 heteroatoms. The Bertz CT molecular complexity index is 458. The normalized spacial score (nSPS) is 17.2. The van der Waals surface area contributed by atoms with Gasteiger partial charge in [0.1, 0.15) is 12.1 Å². The Morgan fingerprint density at radius 2 is 2.07 bits per heavy atom. The summed E-state index contributed by atoms with van der Waals surface area (Å²) in [5.41, 5.74) is 0.908. The molecule has 0 unspecified atom stereocenters. The molecular weight excluding hydrogens is 190 g/mol. The number of nitrogens with one attached hydrogen (secondary N) is 1. The highest BCUT2D eigenvalue weighted by Crippen LogP contribution is 2.14. The molecule has 0 aliphatic carbocycles. The second-order valence-electron chi connectivity index (χ2n) is 3.65. The van der Waals surface area contributed by atoms with Crippen LogP contribution in [-0.2, 0) is 0 Å². The fraction of sp³-hybridized carbons (Fsp3) is 0.400. The van der Waals surface area contributed by atoms with Gasteiger partial charge in [0.25, 0.3) is 0 Å². The first-order valence-corrected chi connectivity index (χ1v) is 5.19. The molecule has 3 heterocycles. The van der Waals surface area contributed by atoms with Gasteiger partial charge in [0, 0.05) is 26.2 Å². The zero-order valence-corrected chi connectivity index (χ0v) is 8.43. The zero-order chi connectivity index (χ0) is 10.1. The molecule has 2 aromatic heterocycles. The molecule has 1 fully saturated rings. The second-order valence-corrected chi connectivity index (χ2v) is 3.65. The zero-order valence-electron chi connectivity index (χ0n) is 8.43. The first-order chi connectivity index (χ1) is 7.45. The van der Waals surface area contributed by atoms with Gasteiger partial charge in [-0.15, -0.1) is 0 Å². The van der Waals surface area contributed by atoms with Crippen LogP contribution in [0.1, 0.15) is 0 Å². The Morgan fingerprint density at radius 3 is 2.93 bits per heavy atom. The van der Waals surface area contributed by atoms with Crippen LogP contribution >= 0.6 is 0 Å². The maximum atomic E-state index is 4.24. The fourth-order valence-corrected chi connectivity index (χ4v) is 1.96. The summed E-state index contributed by atoms with van der Waals surface area (Å²) in [5.74, 6) is 1.13. The van der Waals surface area contributed by atoms with E-state index in [1.165, 1.54) is 0 Å². The Labute approximate surface area is 87.7 Å². The molecule has 78 valence electrons. The van der Waals surface area contributed by atoms with Crippen LogP contribution in [0, 0.1) is 0 Å². The third-order valence-corrected chi connectivity index (χ3v) is 2.72. The van der Waals surface area contributed by atoms with Gasteiger partial charge in [-0.1, -0.05) is 6.07 Å². The van der Waals surface area contributed by atoms with E-state index in [1.54, 1.807) is 6.33 Å². The van der Waals surface area contributed by atoms with Crippen molar-refractivity contribution in [2.24, 2.45) is 0 Å². The molecule has 0 amide bonds. The molecule has 0 spiro atoms. The summed E-state index contributed by atoms with van der Waals surface area (Å²) in [6.07, 6.45) is 1.60. The first-order valence-electron chi connectivity index (χ1n) is 5.19. The summed E-state index contributed by atoms with van der Waals surface area (Å²) in [6, 6.07) is 6.09. The van der Waals surface area contributed by atoms with Crippen LogP contribution in [-0.4, -0.2) is 40.8 Å². The van der Waals surface area contributed by atoms with E-state index in [9.17, 15) is 0 Å². The lowest BCUT2D eigenvalue weighted by Crippen LogP contribution is -2.44. The standard InChI is InChI=1S/C10H13N5/c1-2-9-12-8-13-15(9)10(3-1)14-6-4-11-5-7-14/h1-3,8,11H,4-7H2. The van der Waals surface area contributed by atoms with E-state index >= 15 is 0 Å². The minimum absolute atomic E-state index is 0.908. The molecule has 0 aromatic carbocycles. The molecule has 3 rings (SSSR count). The van der Waals surface area contributed by atoms with E-state index in [2.05, 4.69) is 26.4 Å². The third kappa shape index (κ3) is 1.45. The average molecular weight is 203 g/mol. The van der Waals surface area contributed by atoms with Crippen LogP contribution in [0.15, 0.2) is 24.5 Å². The van der Waals surface area contributed by atoms with Gasteiger partial charge in [-0.3, -0.25) is 0 Å². The maximum absolute atomic E-state index is 4.24. The van der Waals surface area contributed by atoms with Gasteiger partial charge in [0.05, 0.1) is 0 Å². The molecule has 2 aromatic rings. The largest absolute Gasteiger partial charge is 0.354 e. The van der Waals surface area contributed by atoms with Crippen molar-refractivity contribution in [3.05, 3.63) is 24.5 Å². The smallest absolute Gasteiger partial charge is 0.157 e. The lowest BCUT2D eigenvalue weighted by Gasteiger charge is -2.29. The molecule has 1 aliphatic rings. The summed E-state index contributed by atoms with van der Waals surface area (Å²) in [7, 11) is 0. The van der Waals surface area contributed by atoms with Crippen molar-refractivity contribution in [3.63, 3.8) is 0 Å². The van der Waals surface area contributed by atoms with Crippen molar-refractivity contribution in [1.29, 1.82) is 0 Å². The van der Waals surface area contributed by atoms with Crippen molar-refractivity contribution in [3.8, 4) is 0 Å². The summed E-state index contributed by atoms with van der Waals surface area (Å²) in [6.45, 7) is 4.12. The van der Waals surface area contributed by atoms with Gasteiger partial charge >= 0.3 is 0 Å². The van der Waals surface area contributed by atoms with Crippen LogP contribution in [0.5, 0.6) is 0 Å². The van der Waals surface area contributed by atoms with Crippen molar-refractivity contribution in [2.45, 2.75) is 0 Å². The van der Waals surface area contributed by atoms with Crippen LogP contribution in [0.2, 0.25) is 0 Å². The topological polar surface area (TPSA) is 45.5 Å². The summed E-state index contributed by atoms with van der Waals surface area (Å²) in [4.78, 5) is 6.52. The maximum Gasteiger partial charge on any atom is 0.157 e. The minimum Gasteiger partial charge on any atom is -0.354 e. The average Bonchev–Trinajstić information content (AvgIpc) is 2.78. The number of nitrogens with zero attached hydrogens (tertiary/aromatic N) is 4. The predicted octanol–water partition coefficient (Wildman–Crippen LogP) is 0.139. The number of fused-ring (bicyclic) bond motifs is 1. The van der Waals surface area contributed by atoms with Gasteiger partial charge < -0.3 is 10.2 Å². The van der Waals surface area contributed by atoms with E-state index in [-0.39, 0.29) is 0 Å². The van der Waals surface area contributed by atoms with Crippen molar-refractivity contribution in [1.82, 2.24) is 19.9 Å². The molecule has 0 atom stereocenters. The molecule has 0 saturated carbocycles. The van der Waals surface area contributed by atoms with Crippen LogP contribution in [0.25, 0.3) is 5.65 Å². The summed E-state index contributed by atoms with van der Waals surface area (Å²) in [5, 5.41) is 7.58. The van der Waals surface area contributed by atoms with Gasteiger partial charge in [-0.05, 0) is 12.1 Å². The fourth-order valence-electron chi connectivity index (χ4n) is 1.96. The molecule has 0 bridgehead atoms. The van der Waals surface area contributed by atoms with E-state index in [1.807, 2.05) is 16.6 Å². The molecular formula is C10H13N5. The molecule has 15 heavy (non-hydrogen) atoms. The monoisotopic (exact) mass is 203 g/mol. The molecule has 5 nitrogen and oxygen atoms in total. The van der Waals surface area contributed by atoms with Crippen molar-refractivity contribution in [2.75, 3.05) is 31.1 Å². The van der Waals surface area contributed by atoms with Crippen molar-refractivity contribution < 1.29 is 0 Å². The van der Waals surface area contributed by atoms with Gasteiger partial charge in [-0.25, -0.2) is 4.98 Å². The summed E-state index contributed by atoms with van der Waals surface area (Å²) < 4.78 is 1.89. The number of hydrogen-bond acceptors (Lipinski definition) is 4. The van der Waals surface area contributed by atoms with Gasteiger partial charge in [0.2, 0.25) is 0 Å². The Hall–Kier alpha value is -1.62. The Morgan fingerprint density at radius 1 is 1.20 bits per heavy atom. The number of anilines is 1. The third-order valence-electron chi connectivity index (χ3n) is 2.72. The molecule has 1 aliphatic heterocycles. The predicted molar refractivity (Wildman–Crippen MR) is 58.1 cm³/mol. The molecule has 1 saturated heterocycles. The van der Waals surface area contributed by atoms with Gasteiger partial charge in [0.15, 0.2) is 5.65 Å². The van der Waals surface area contributed by atoms with Crippen LogP contribution in [0.3, 0.4) is 0 Å². The van der Waals surface area contributed by atoms with Gasteiger partial charge in [-0.2, -0.15) is 9.61 Å². The highest BCUT2D eigenvalue weighted by molar-refractivity contribution is 5.50. The van der Waals surface area contributed by atoms with Crippen LogP contribution < -0.4 is 10.2 Å². The highest BCUT2D eigenvalue weighted by atomic mass is 15.4. The van der Waals surface area contributed by atoms with E-state index in [0.717, 1.165) is 37.6 Å². The molecule has 0 radical (unpaired) electrons. The van der Waals surface area contributed by atoms with Crippen LogP contribution in [0.4, 0.5) is 5.82 Å². The Balaban J connectivity index is 2.05. The number of aromatic nitrogens is 3. The lowest BCUT2D eigenvalue weighted by molar-refractivity contribution is 0.580.